The number of guanidine groups is 1. The lowest BCUT2D eigenvalue weighted by molar-refractivity contribution is -0.138. The molecule has 0 saturated carbocycles. The molecule has 25 heavy (non-hydrogen) atoms. The number of hydrogen-bond donors (Lipinski definition) is 4. The van der Waals surface area contributed by atoms with Crippen LogP contribution < -0.4 is 15.8 Å². The number of aliphatic imine (C=N–C) groups is 1. The molecule has 1 aromatic rings. The number of rotatable bonds is 9. The summed E-state index contributed by atoms with van der Waals surface area (Å²) in [7, 11) is 0. The van der Waals surface area contributed by atoms with Gasteiger partial charge in [0.2, 0.25) is 0 Å². The van der Waals surface area contributed by atoms with E-state index in [4.69, 9.17) is 17.0 Å². The van der Waals surface area contributed by atoms with Gasteiger partial charge in [-0.1, -0.05) is 18.2 Å². The summed E-state index contributed by atoms with van der Waals surface area (Å²) < 4.78 is 11.6. The number of benzene rings is 1. The maximum atomic E-state index is 11.2. The molecule has 0 saturated heterocycles. The van der Waals surface area contributed by atoms with Gasteiger partial charge in [-0.15, -0.1) is 0 Å². The van der Waals surface area contributed by atoms with Crippen LogP contribution in [-0.4, -0.2) is 41.8 Å². The van der Waals surface area contributed by atoms with E-state index < -0.39 is 12.0 Å². The Morgan fingerprint density at radius 3 is 2.80 bits per heavy atom. The van der Waals surface area contributed by atoms with Crippen LogP contribution >= 0.6 is 0 Å². The van der Waals surface area contributed by atoms with Crippen LogP contribution in [0.1, 0.15) is 25.3 Å². The average Bonchev–Trinajstić information content (AvgIpc) is 2.60. The molecule has 1 aromatic carbocycles. The van der Waals surface area contributed by atoms with Crippen molar-refractivity contribution in [3.05, 3.63) is 35.9 Å². The zero-order valence-corrected chi connectivity index (χ0v) is 13.9. The summed E-state index contributed by atoms with van der Waals surface area (Å²) in [5.41, 5.74) is 6.16. The third kappa shape index (κ3) is 8.89. The molecule has 1 atom stereocenters. The van der Waals surface area contributed by atoms with Crippen LogP contribution in [0.25, 0.3) is 6.08 Å². The molecule has 0 radical (unpaired) electrons. The predicted molar refractivity (Wildman–Crippen MR) is 95.9 cm³/mol. The van der Waals surface area contributed by atoms with Gasteiger partial charge < -0.3 is 20.9 Å². The minimum absolute atomic E-state index is 0.0111. The Bertz CT molecular complexity index is 687. The molecule has 0 aliphatic rings. The lowest BCUT2D eigenvalue weighted by Gasteiger charge is -2.07. The average molecular weight is 346 g/mol. The van der Waals surface area contributed by atoms with Gasteiger partial charge in [-0.25, -0.2) is 4.79 Å². The van der Waals surface area contributed by atoms with E-state index in [1.54, 1.807) is 36.4 Å². The topological polar surface area (TPSA) is 138 Å². The molecule has 0 amide bonds. The van der Waals surface area contributed by atoms with E-state index in [-0.39, 0.29) is 11.9 Å². The number of carbonyl (C=O) groups is 2. The van der Waals surface area contributed by atoms with Gasteiger partial charge in [-0.05, 0) is 36.6 Å². The number of carbonyl (C=O) groups excluding carboxylic acids is 1. The molecule has 5 N–H and O–H groups in total. The summed E-state index contributed by atoms with van der Waals surface area (Å²) >= 11 is 0. The first kappa shape index (κ1) is 18.2. The third-order valence-corrected chi connectivity index (χ3v) is 3.03. The minimum atomic E-state index is -1.01. The van der Waals surface area contributed by atoms with Crippen molar-refractivity contribution in [2.75, 3.05) is 6.54 Å². The van der Waals surface area contributed by atoms with Gasteiger partial charge in [0, 0.05) is 19.7 Å². The van der Waals surface area contributed by atoms with Crippen LogP contribution in [0, 0.1) is 5.40 Å². The Morgan fingerprint density at radius 2 is 2.20 bits per heavy atom. The summed E-state index contributed by atoms with van der Waals surface area (Å²) in [4.78, 5) is 26.1. The van der Waals surface area contributed by atoms with Crippen LogP contribution in [0.4, 0.5) is 0 Å². The summed E-state index contributed by atoms with van der Waals surface area (Å²) in [6, 6.07) is 6.00. The second kappa shape index (κ2) is 10.6. The van der Waals surface area contributed by atoms with Crippen molar-refractivity contribution in [3.8, 4) is 5.75 Å². The molecule has 0 aliphatic carbocycles. The molecule has 0 aliphatic heterocycles. The van der Waals surface area contributed by atoms with Gasteiger partial charge in [0.15, 0.2) is 7.37 Å². The van der Waals surface area contributed by atoms with Gasteiger partial charge in [-0.3, -0.25) is 15.2 Å². The molecule has 8 nitrogen and oxygen atoms in total. The fourth-order valence-corrected chi connectivity index (χ4v) is 1.89. The second-order valence-electron chi connectivity index (χ2n) is 5.13. The van der Waals surface area contributed by atoms with Crippen molar-refractivity contribution >= 4 is 30.2 Å². The fraction of sp³-hybridized carbons (Fsp3) is 0.294. The number of carboxylic acid groups (broad SMARTS) is 1. The lowest BCUT2D eigenvalue weighted by atomic mass is 10.1. The zero-order chi connectivity index (χ0) is 19.4. The lowest BCUT2D eigenvalue weighted by Crippen LogP contribution is -2.31. The molecule has 0 fully saturated rings. The van der Waals surface area contributed by atoms with Gasteiger partial charge in [-0.2, -0.15) is 0 Å². The Morgan fingerprint density at radius 1 is 1.48 bits per heavy atom. The Hall–Kier alpha value is -3.16. The Balaban J connectivity index is 2.50. The first-order valence-electron chi connectivity index (χ1n) is 8.09. The van der Waals surface area contributed by atoms with Crippen molar-refractivity contribution in [1.29, 1.82) is 5.40 Å². The molecule has 134 valence electrons. The highest BCUT2D eigenvalue weighted by atomic mass is 16.5. The van der Waals surface area contributed by atoms with E-state index in [0.29, 0.717) is 25.1 Å². The fourth-order valence-electron chi connectivity index (χ4n) is 1.89. The minimum Gasteiger partial charge on any atom is -0.480 e. The Labute approximate surface area is 147 Å². The highest BCUT2D eigenvalue weighted by Crippen LogP contribution is 2.13. The van der Waals surface area contributed by atoms with Crippen molar-refractivity contribution in [2.45, 2.75) is 25.8 Å². The highest BCUT2D eigenvalue weighted by molar-refractivity contribution is 5.82. The summed E-state index contributed by atoms with van der Waals surface area (Å²) in [6.45, 7) is 1.75. The SMILES string of the molecule is [H]/N=C(\N)NCCC[C@H](/N=C/C=C/c1ccc(OC(C)=O)cc1)C(=O)O. The van der Waals surface area contributed by atoms with Gasteiger partial charge in [0.25, 0.3) is 0 Å². The highest BCUT2D eigenvalue weighted by Gasteiger charge is 2.14. The van der Waals surface area contributed by atoms with Crippen molar-refractivity contribution in [2.24, 2.45) is 10.7 Å². The van der Waals surface area contributed by atoms with Gasteiger partial charge in [0.1, 0.15) is 11.8 Å². The molecule has 0 heterocycles. The number of nitrogens with two attached hydrogens (primary N) is 1. The largest absolute Gasteiger partial charge is 0.480 e. The molecule has 8 heteroatoms. The number of nitrogens with zero attached hydrogens (tertiary/aromatic N) is 1. The van der Waals surface area contributed by atoms with Crippen molar-refractivity contribution in [3.63, 3.8) is 0 Å². The number of allylic oxidation sites excluding steroid dienone is 1. The molecular formula is C17H22N4O4. The van der Waals surface area contributed by atoms with Crippen molar-refractivity contribution < 1.29 is 20.8 Å². The predicted octanol–water partition coefficient (Wildman–Crippen LogP) is 1.41. The number of nitrogens with one attached hydrogen (secondary N) is 2. The number of carboxylic acids is 1. The second-order valence-corrected chi connectivity index (χ2v) is 5.13. The third-order valence-electron chi connectivity index (χ3n) is 3.03. The normalized spacial score (nSPS) is 13.6. The first-order chi connectivity index (χ1) is 12.4. The van der Waals surface area contributed by atoms with Gasteiger partial charge in [0.05, 0.1) is 0 Å². The van der Waals surface area contributed by atoms with E-state index in [0.717, 1.165) is 5.56 Å². The van der Waals surface area contributed by atoms with E-state index >= 15 is 0 Å². The molecular weight excluding hydrogens is 324 g/mol. The quantitative estimate of drug-likeness (QED) is 0.175. The van der Waals surface area contributed by atoms with Crippen LogP contribution in [0.2, 0.25) is 1.41 Å². The van der Waals surface area contributed by atoms with Crippen LogP contribution in [0.3, 0.4) is 0 Å². The van der Waals surface area contributed by atoms with E-state index in [1.807, 2.05) is 0 Å². The van der Waals surface area contributed by atoms with Gasteiger partial charge >= 0.3 is 11.9 Å². The number of ether oxygens (including phenoxy) is 1. The standard InChI is InChI=1S/C17H22N4O4/c1-12(22)25-14-8-6-13(7-9-14)4-2-10-20-15(16(23)24)5-3-11-21-17(18)19/h2,4,6-10,15H,3,5,11H2,1H3,(H,23,24)(H4,18,19,21)/b4-2+,20-10+/t15-/m0/s1. The maximum absolute atomic E-state index is 11.2. The molecule has 0 aromatic heterocycles. The van der Waals surface area contributed by atoms with Crippen LogP contribution in [0.5, 0.6) is 5.75 Å². The smallest absolute Gasteiger partial charge is 0.328 e. The maximum Gasteiger partial charge on any atom is 0.328 e. The summed E-state index contributed by atoms with van der Waals surface area (Å²) in [6.07, 6.45) is 5.68. The molecule has 0 unspecified atom stereocenters. The first-order valence-corrected chi connectivity index (χ1v) is 7.65. The molecule has 0 spiro atoms. The van der Waals surface area contributed by atoms with Crippen LogP contribution in [0.15, 0.2) is 35.3 Å². The monoisotopic (exact) mass is 346 g/mol. The van der Waals surface area contributed by atoms with E-state index in [2.05, 4.69) is 15.7 Å². The number of esters is 1. The van der Waals surface area contributed by atoms with Crippen molar-refractivity contribution in [1.82, 2.24) is 5.32 Å². The summed E-state index contributed by atoms with van der Waals surface area (Å²) in [5.74, 6) is -0.950. The van der Waals surface area contributed by atoms with Crippen LogP contribution in [-0.2, 0) is 9.59 Å². The van der Waals surface area contributed by atoms with E-state index in [1.165, 1.54) is 13.1 Å². The Kier molecular flexibility index (Phi) is 7.70. The molecule has 0 bridgehead atoms. The number of aliphatic carboxylic acids is 1. The summed E-state index contributed by atoms with van der Waals surface area (Å²) in [5, 5.41) is 14.9. The number of hydrogen-bond acceptors (Lipinski definition) is 5. The van der Waals surface area contributed by atoms with E-state index in [9.17, 15) is 9.59 Å². The zero-order valence-electron chi connectivity index (χ0n) is 14.9. The molecule has 1 rings (SSSR count).